The molecule has 1 atom stereocenters. The fraction of sp³-hybridized carbons (Fsp3) is 0.0909. The van der Waals surface area contributed by atoms with E-state index < -0.39 is 4.92 Å². The van der Waals surface area contributed by atoms with Gasteiger partial charge in [-0.05, 0) is 67.7 Å². The van der Waals surface area contributed by atoms with E-state index in [1.165, 1.54) is 36.0 Å². The number of thiocarbonyl (C=S) groups is 1. The Morgan fingerprint density at radius 1 is 0.871 bits per heavy atom. The summed E-state index contributed by atoms with van der Waals surface area (Å²) in [5.41, 5.74) is 2.23. The SMILES string of the molecule is CC(Sc1ccc(NC(=S)Nc2ccccc2)cc1)C(=O)Nc1ccc([N+](=O)[O-])cc1. The van der Waals surface area contributed by atoms with Gasteiger partial charge < -0.3 is 16.0 Å². The molecule has 158 valence electrons. The van der Waals surface area contributed by atoms with Crippen LogP contribution in [0.1, 0.15) is 6.92 Å². The number of hydrogen-bond donors (Lipinski definition) is 3. The molecule has 3 rings (SSSR count). The van der Waals surface area contributed by atoms with Gasteiger partial charge >= 0.3 is 0 Å². The number of anilines is 3. The van der Waals surface area contributed by atoms with Crippen molar-refractivity contribution >= 4 is 57.7 Å². The second kappa shape index (κ2) is 10.6. The summed E-state index contributed by atoms with van der Waals surface area (Å²) in [6, 6.07) is 23.0. The number of nitro benzene ring substituents is 1. The van der Waals surface area contributed by atoms with Gasteiger partial charge in [0.05, 0.1) is 10.2 Å². The third kappa shape index (κ3) is 6.80. The fourth-order valence-corrected chi connectivity index (χ4v) is 3.70. The summed E-state index contributed by atoms with van der Waals surface area (Å²) in [6.07, 6.45) is 0. The van der Waals surface area contributed by atoms with Crippen LogP contribution in [0.25, 0.3) is 0 Å². The summed E-state index contributed by atoms with van der Waals surface area (Å²) in [4.78, 5) is 23.6. The Hall–Kier alpha value is -3.43. The van der Waals surface area contributed by atoms with Crippen LogP contribution in [0.2, 0.25) is 0 Å². The highest BCUT2D eigenvalue weighted by Crippen LogP contribution is 2.26. The maximum absolute atomic E-state index is 12.4. The fourth-order valence-electron chi connectivity index (χ4n) is 2.60. The van der Waals surface area contributed by atoms with Crippen molar-refractivity contribution in [2.75, 3.05) is 16.0 Å². The lowest BCUT2D eigenvalue weighted by Crippen LogP contribution is -2.22. The van der Waals surface area contributed by atoms with Crippen LogP contribution in [0.3, 0.4) is 0 Å². The van der Waals surface area contributed by atoms with Crippen LogP contribution in [-0.2, 0) is 4.79 Å². The van der Waals surface area contributed by atoms with E-state index in [2.05, 4.69) is 16.0 Å². The highest BCUT2D eigenvalue weighted by atomic mass is 32.2. The Bertz CT molecular complexity index is 1060. The Balaban J connectivity index is 1.50. The van der Waals surface area contributed by atoms with E-state index in [4.69, 9.17) is 12.2 Å². The van der Waals surface area contributed by atoms with Crippen LogP contribution < -0.4 is 16.0 Å². The summed E-state index contributed by atoms with van der Waals surface area (Å²) in [5.74, 6) is -0.186. The van der Waals surface area contributed by atoms with E-state index >= 15 is 0 Å². The number of thioether (sulfide) groups is 1. The molecule has 0 bridgehead atoms. The molecule has 3 aromatic rings. The number of carbonyl (C=O) groups is 1. The number of non-ortho nitro benzene ring substituents is 1. The van der Waals surface area contributed by atoms with Gasteiger partial charge in [0.2, 0.25) is 5.91 Å². The third-order valence-corrected chi connectivity index (χ3v) is 5.49. The molecule has 9 heteroatoms. The van der Waals surface area contributed by atoms with E-state index in [0.29, 0.717) is 10.8 Å². The van der Waals surface area contributed by atoms with Crippen LogP contribution in [0.5, 0.6) is 0 Å². The first kappa shape index (κ1) is 22.3. The van der Waals surface area contributed by atoms with Crippen molar-refractivity contribution in [2.24, 2.45) is 0 Å². The number of rotatable bonds is 7. The molecule has 0 radical (unpaired) electrons. The largest absolute Gasteiger partial charge is 0.332 e. The number of amides is 1. The zero-order valence-corrected chi connectivity index (χ0v) is 18.2. The molecule has 0 heterocycles. The average Bonchev–Trinajstić information content (AvgIpc) is 2.76. The zero-order chi connectivity index (χ0) is 22.2. The smallest absolute Gasteiger partial charge is 0.269 e. The predicted octanol–water partition coefficient (Wildman–Crippen LogP) is 5.52. The lowest BCUT2D eigenvalue weighted by atomic mass is 10.3. The first-order valence-electron chi connectivity index (χ1n) is 9.36. The summed E-state index contributed by atoms with van der Waals surface area (Å²) >= 11 is 6.73. The van der Waals surface area contributed by atoms with Gasteiger partial charge in [-0.2, -0.15) is 0 Å². The highest BCUT2D eigenvalue weighted by Gasteiger charge is 2.15. The van der Waals surface area contributed by atoms with Gasteiger partial charge in [0.25, 0.3) is 5.69 Å². The minimum atomic E-state index is -0.479. The molecule has 0 spiro atoms. The maximum atomic E-state index is 12.4. The Morgan fingerprint density at radius 3 is 1.97 bits per heavy atom. The Kier molecular flexibility index (Phi) is 7.58. The normalized spacial score (nSPS) is 11.3. The Labute approximate surface area is 189 Å². The summed E-state index contributed by atoms with van der Waals surface area (Å²) in [5, 5.41) is 19.8. The van der Waals surface area contributed by atoms with Crippen LogP contribution in [-0.4, -0.2) is 21.2 Å². The summed E-state index contributed by atoms with van der Waals surface area (Å²) in [7, 11) is 0. The van der Waals surface area contributed by atoms with Crippen molar-refractivity contribution in [1.82, 2.24) is 0 Å². The van der Waals surface area contributed by atoms with Crippen LogP contribution >= 0.6 is 24.0 Å². The van der Waals surface area contributed by atoms with Gasteiger partial charge in [-0.1, -0.05) is 18.2 Å². The molecule has 0 saturated carbocycles. The summed E-state index contributed by atoms with van der Waals surface area (Å²) in [6.45, 7) is 1.80. The third-order valence-electron chi connectivity index (χ3n) is 4.17. The number of nitrogens with zero attached hydrogens (tertiary/aromatic N) is 1. The second-order valence-corrected chi connectivity index (χ2v) is 8.35. The predicted molar refractivity (Wildman–Crippen MR) is 130 cm³/mol. The van der Waals surface area contributed by atoms with Gasteiger partial charge in [0.15, 0.2) is 5.11 Å². The Morgan fingerprint density at radius 2 is 1.39 bits per heavy atom. The quantitative estimate of drug-likeness (QED) is 0.188. The van der Waals surface area contributed by atoms with E-state index in [1.807, 2.05) is 54.6 Å². The second-order valence-electron chi connectivity index (χ2n) is 6.52. The molecule has 31 heavy (non-hydrogen) atoms. The number of nitrogens with one attached hydrogen (secondary N) is 3. The van der Waals surface area contributed by atoms with Gasteiger partial charge in [-0.3, -0.25) is 14.9 Å². The number of nitro groups is 1. The van der Waals surface area contributed by atoms with Crippen molar-refractivity contribution < 1.29 is 9.72 Å². The van der Waals surface area contributed by atoms with Gasteiger partial charge in [-0.25, -0.2) is 0 Å². The van der Waals surface area contributed by atoms with Gasteiger partial charge in [-0.15, -0.1) is 11.8 Å². The summed E-state index contributed by atoms with van der Waals surface area (Å²) < 4.78 is 0. The number of benzene rings is 3. The van der Waals surface area contributed by atoms with Crippen LogP contribution in [0.4, 0.5) is 22.7 Å². The number of para-hydroxylation sites is 1. The van der Waals surface area contributed by atoms with Gasteiger partial charge in [0, 0.05) is 34.1 Å². The number of carbonyl (C=O) groups excluding carboxylic acids is 1. The van der Waals surface area contributed by atoms with E-state index in [9.17, 15) is 14.9 Å². The molecule has 7 nitrogen and oxygen atoms in total. The molecule has 1 unspecified atom stereocenters. The lowest BCUT2D eigenvalue weighted by Gasteiger charge is -2.13. The zero-order valence-electron chi connectivity index (χ0n) is 16.6. The van der Waals surface area contributed by atoms with E-state index in [-0.39, 0.29) is 16.8 Å². The topological polar surface area (TPSA) is 96.3 Å². The highest BCUT2D eigenvalue weighted by molar-refractivity contribution is 8.00. The molecular weight excluding hydrogens is 432 g/mol. The molecule has 3 aromatic carbocycles. The van der Waals surface area contributed by atoms with Crippen molar-refractivity contribution in [3.8, 4) is 0 Å². The molecule has 0 aliphatic carbocycles. The number of hydrogen-bond acceptors (Lipinski definition) is 5. The minimum Gasteiger partial charge on any atom is -0.332 e. The molecule has 0 aliphatic rings. The lowest BCUT2D eigenvalue weighted by molar-refractivity contribution is -0.384. The first-order valence-corrected chi connectivity index (χ1v) is 10.6. The maximum Gasteiger partial charge on any atom is 0.269 e. The molecular formula is C22H20N4O3S2. The minimum absolute atomic E-state index is 0.0208. The molecule has 0 aromatic heterocycles. The van der Waals surface area contributed by atoms with Crippen molar-refractivity contribution in [3.63, 3.8) is 0 Å². The molecule has 3 N–H and O–H groups in total. The average molecular weight is 453 g/mol. The van der Waals surface area contributed by atoms with Gasteiger partial charge in [0.1, 0.15) is 0 Å². The van der Waals surface area contributed by atoms with E-state index in [1.54, 1.807) is 6.92 Å². The molecule has 1 amide bonds. The van der Waals surface area contributed by atoms with Crippen molar-refractivity contribution in [3.05, 3.63) is 89.0 Å². The van der Waals surface area contributed by atoms with Crippen LogP contribution in [0.15, 0.2) is 83.8 Å². The van der Waals surface area contributed by atoms with Crippen LogP contribution in [0, 0.1) is 10.1 Å². The first-order chi connectivity index (χ1) is 14.9. The molecule has 0 saturated heterocycles. The standard InChI is InChI=1S/C22H20N4O3S2/c1-15(21(27)23-17-7-11-19(12-8-17)26(28)29)31-20-13-9-18(10-14-20)25-22(30)24-16-5-3-2-4-6-16/h2-15H,1H3,(H,23,27)(H2,24,25,30). The van der Waals surface area contributed by atoms with E-state index in [0.717, 1.165) is 16.3 Å². The van der Waals surface area contributed by atoms with Crippen molar-refractivity contribution in [1.29, 1.82) is 0 Å². The monoisotopic (exact) mass is 452 g/mol. The van der Waals surface area contributed by atoms with Crippen molar-refractivity contribution in [2.45, 2.75) is 17.1 Å². The molecule has 0 aliphatic heterocycles. The molecule has 0 fully saturated rings.